The molecule has 0 heterocycles. The van der Waals surface area contributed by atoms with Crippen molar-refractivity contribution in [3.63, 3.8) is 0 Å². The predicted octanol–water partition coefficient (Wildman–Crippen LogP) is 2.36. The van der Waals surface area contributed by atoms with Gasteiger partial charge >= 0.3 is 0 Å². The highest BCUT2D eigenvalue weighted by Gasteiger charge is 2.03. The summed E-state index contributed by atoms with van der Waals surface area (Å²) in [6, 6.07) is 3.16. The Kier molecular flexibility index (Phi) is 2.25. The number of phenolic OH excluding ortho intramolecular Hbond substituents is 1. The zero-order valence-electron chi connectivity index (χ0n) is 6.39. The summed E-state index contributed by atoms with van der Waals surface area (Å²) in [7, 11) is 1.49. The molecule has 0 bridgehead atoms. The summed E-state index contributed by atoms with van der Waals surface area (Å²) in [5.41, 5.74) is 0.838. The van der Waals surface area contributed by atoms with Crippen LogP contribution in [0.2, 0.25) is 5.02 Å². The lowest BCUT2D eigenvalue weighted by molar-refractivity contribution is 0.373. The summed E-state index contributed by atoms with van der Waals surface area (Å²) in [6.07, 6.45) is 0. The average molecular weight is 173 g/mol. The molecule has 0 aliphatic carbocycles. The Morgan fingerprint density at radius 2 is 2.09 bits per heavy atom. The molecule has 1 aromatic carbocycles. The van der Waals surface area contributed by atoms with Crippen molar-refractivity contribution in [3.8, 4) is 11.5 Å². The topological polar surface area (TPSA) is 29.5 Å². The third-order valence-corrected chi connectivity index (χ3v) is 1.87. The van der Waals surface area contributed by atoms with Crippen LogP contribution in [0.3, 0.4) is 0 Å². The Morgan fingerprint density at radius 1 is 1.45 bits per heavy atom. The third kappa shape index (κ3) is 1.57. The van der Waals surface area contributed by atoms with Crippen molar-refractivity contribution in [1.82, 2.24) is 0 Å². The molecule has 0 fully saturated rings. The number of ether oxygens (including phenoxy) is 1. The molecule has 0 aliphatic rings. The first-order chi connectivity index (χ1) is 5.15. The molecule has 0 aliphatic heterocycles. The zero-order valence-corrected chi connectivity index (χ0v) is 7.14. The second kappa shape index (κ2) is 3.01. The smallest absolute Gasteiger partial charge is 0.161 e. The van der Waals surface area contributed by atoms with Gasteiger partial charge < -0.3 is 9.84 Å². The van der Waals surface area contributed by atoms with Gasteiger partial charge in [-0.3, -0.25) is 0 Å². The van der Waals surface area contributed by atoms with Crippen LogP contribution in [0.4, 0.5) is 0 Å². The van der Waals surface area contributed by atoms with E-state index < -0.39 is 0 Å². The third-order valence-electron chi connectivity index (χ3n) is 1.46. The first-order valence-corrected chi connectivity index (χ1v) is 3.56. The maximum atomic E-state index is 9.23. The van der Waals surface area contributed by atoms with Crippen molar-refractivity contribution in [1.29, 1.82) is 0 Å². The fourth-order valence-electron chi connectivity index (χ4n) is 0.812. The van der Waals surface area contributed by atoms with E-state index in [1.807, 2.05) is 6.92 Å². The monoisotopic (exact) mass is 172 g/mol. The minimum Gasteiger partial charge on any atom is -0.504 e. The number of aromatic hydroxyl groups is 1. The standard InChI is InChI=1S/C8H9ClO2/c1-5-3-7(10)8(11-2)4-6(5)9/h3-4,10H,1-2H3. The number of rotatable bonds is 1. The van der Waals surface area contributed by atoms with E-state index >= 15 is 0 Å². The van der Waals surface area contributed by atoms with E-state index in [1.54, 1.807) is 12.1 Å². The van der Waals surface area contributed by atoms with E-state index in [4.69, 9.17) is 16.3 Å². The highest BCUT2D eigenvalue weighted by atomic mass is 35.5. The fraction of sp³-hybridized carbons (Fsp3) is 0.250. The molecule has 0 aromatic heterocycles. The summed E-state index contributed by atoms with van der Waals surface area (Å²) in [6.45, 7) is 1.82. The Balaban J connectivity index is 3.21. The molecule has 2 nitrogen and oxygen atoms in total. The van der Waals surface area contributed by atoms with Crippen LogP contribution in [0, 0.1) is 6.92 Å². The average Bonchev–Trinajstić information content (AvgIpc) is 1.97. The van der Waals surface area contributed by atoms with Crippen LogP contribution in [-0.2, 0) is 0 Å². The quantitative estimate of drug-likeness (QED) is 0.705. The number of hydrogen-bond donors (Lipinski definition) is 1. The van der Waals surface area contributed by atoms with Gasteiger partial charge in [0.05, 0.1) is 7.11 Å². The van der Waals surface area contributed by atoms with Gasteiger partial charge in [-0.2, -0.15) is 0 Å². The van der Waals surface area contributed by atoms with Crippen molar-refractivity contribution >= 4 is 11.6 Å². The molecule has 3 heteroatoms. The van der Waals surface area contributed by atoms with E-state index in [1.165, 1.54) is 7.11 Å². The first kappa shape index (κ1) is 8.21. The van der Waals surface area contributed by atoms with Gasteiger partial charge in [0, 0.05) is 11.1 Å². The lowest BCUT2D eigenvalue weighted by Crippen LogP contribution is -1.84. The lowest BCUT2D eigenvalue weighted by atomic mass is 10.2. The maximum Gasteiger partial charge on any atom is 0.161 e. The normalized spacial score (nSPS) is 9.73. The Hall–Kier alpha value is -0.890. The van der Waals surface area contributed by atoms with Crippen LogP contribution in [0.25, 0.3) is 0 Å². The summed E-state index contributed by atoms with van der Waals surface area (Å²) in [5.74, 6) is 0.523. The SMILES string of the molecule is COc1cc(Cl)c(C)cc1O. The molecule has 11 heavy (non-hydrogen) atoms. The Labute approximate surface area is 70.4 Å². The van der Waals surface area contributed by atoms with Gasteiger partial charge in [0.15, 0.2) is 11.5 Å². The summed E-state index contributed by atoms with van der Waals surface area (Å²) >= 11 is 5.77. The fourth-order valence-corrected chi connectivity index (χ4v) is 0.965. The molecule has 0 amide bonds. The van der Waals surface area contributed by atoms with Crippen LogP contribution in [0.15, 0.2) is 12.1 Å². The lowest BCUT2D eigenvalue weighted by Gasteiger charge is -2.04. The summed E-state index contributed by atoms with van der Waals surface area (Å²) in [4.78, 5) is 0. The van der Waals surface area contributed by atoms with E-state index in [-0.39, 0.29) is 5.75 Å². The van der Waals surface area contributed by atoms with Crippen molar-refractivity contribution in [3.05, 3.63) is 22.7 Å². The van der Waals surface area contributed by atoms with Crippen LogP contribution < -0.4 is 4.74 Å². The van der Waals surface area contributed by atoms with Crippen LogP contribution >= 0.6 is 11.6 Å². The van der Waals surface area contributed by atoms with E-state index in [9.17, 15) is 5.11 Å². The van der Waals surface area contributed by atoms with Gasteiger partial charge in [0.25, 0.3) is 0 Å². The Morgan fingerprint density at radius 3 is 2.64 bits per heavy atom. The highest BCUT2D eigenvalue weighted by molar-refractivity contribution is 6.31. The zero-order chi connectivity index (χ0) is 8.43. The molecule has 1 rings (SSSR count). The largest absolute Gasteiger partial charge is 0.504 e. The molecule has 60 valence electrons. The number of halogens is 1. The minimum absolute atomic E-state index is 0.120. The number of hydrogen-bond acceptors (Lipinski definition) is 2. The molecule has 0 unspecified atom stereocenters. The molecule has 0 saturated carbocycles. The molecule has 1 N–H and O–H groups in total. The van der Waals surface area contributed by atoms with Gasteiger partial charge in [0.1, 0.15) is 0 Å². The number of aryl methyl sites for hydroxylation is 1. The van der Waals surface area contributed by atoms with Gasteiger partial charge in [-0.05, 0) is 18.6 Å². The van der Waals surface area contributed by atoms with Gasteiger partial charge in [-0.15, -0.1) is 0 Å². The summed E-state index contributed by atoms with van der Waals surface area (Å²) in [5, 5.41) is 9.83. The van der Waals surface area contributed by atoms with Gasteiger partial charge in [0.2, 0.25) is 0 Å². The number of phenols is 1. The molecule has 0 spiro atoms. The van der Waals surface area contributed by atoms with Crippen molar-refractivity contribution < 1.29 is 9.84 Å². The highest BCUT2D eigenvalue weighted by Crippen LogP contribution is 2.31. The maximum absolute atomic E-state index is 9.23. The molecule has 0 radical (unpaired) electrons. The predicted molar refractivity (Wildman–Crippen MR) is 44.4 cm³/mol. The second-order valence-corrected chi connectivity index (χ2v) is 2.68. The number of methoxy groups -OCH3 is 1. The Bertz CT molecular complexity index is 271. The minimum atomic E-state index is 0.120. The van der Waals surface area contributed by atoms with Gasteiger partial charge in [-0.25, -0.2) is 0 Å². The van der Waals surface area contributed by atoms with Crippen LogP contribution in [0.5, 0.6) is 11.5 Å². The molecule has 0 saturated heterocycles. The number of benzene rings is 1. The second-order valence-electron chi connectivity index (χ2n) is 2.27. The molecule has 0 atom stereocenters. The van der Waals surface area contributed by atoms with Crippen molar-refractivity contribution in [2.24, 2.45) is 0 Å². The van der Waals surface area contributed by atoms with Crippen molar-refractivity contribution in [2.75, 3.05) is 7.11 Å². The van der Waals surface area contributed by atoms with Crippen LogP contribution in [0.1, 0.15) is 5.56 Å². The molecule has 1 aromatic rings. The van der Waals surface area contributed by atoms with Gasteiger partial charge in [-0.1, -0.05) is 11.6 Å². The van der Waals surface area contributed by atoms with E-state index in [0.29, 0.717) is 10.8 Å². The summed E-state index contributed by atoms with van der Waals surface area (Å²) < 4.78 is 4.85. The molecular formula is C8H9ClO2. The van der Waals surface area contributed by atoms with Crippen LogP contribution in [-0.4, -0.2) is 12.2 Å². The van der Waals surface area contributed by atoms with E-state index in [2.05, 4.69) is 0 Å². The first-order valence-electron chi connectivity index (χ1n) is 3.18. The van der Waals surface area contributed by atoms with E-state index in [0.717, 1.165) is 5.56 Å². The van der Waals surface area contributed by atoms with Crippen molar-refractivity contribution in [2.45, 2.75) is 6.92 Å². The molecular weight excluding hydrogens is 164 g/mol.